The summed E-state index contributed by atoms with van der Waals surface area (Å²) >= 11 is 2.86. The number of hydrogen-bond donors (Lipinski definition) is 3. The summed E-state index contributed by atoms with van der Waals surface area (Å²) in [4.78, 5) is 20.9. The molecule has 0 fully saturated rings. The Balaban J connectivity index is 2.97. The van der Waals surface area contributed by atoms with Crippen LogP contribution in [0.4, 0.5) is 4.39 Å². The van der Waals surface area contributed by atoms with Gasteiger partial charge in [-0.1, -0.05) is 0 Å². The molecule has 1 aromatic rings. The number of sulfonamides is 1. The Morgan fingerprint density at radius 2 is 1.95 bits per heavy atom. The third-order valence-electron chi connectivity index (χ3n) is 2.44. The van der Waals surface area contributed by atoms with Crippen molar-refractivity contribution in [1.29, 1.82) is 0 Å². The van der Waals surface area contributed by atoms with E-state index in [0.717, 1.165) is 18.2 Å². The molecule has 0 amide bonds. The SMILES string of the molecule is O=C(O)CCC(NS(=O)(=O)c1ccc(Br)c(F)c1)C(=O)O. The lowest BCUT2D eigenvalue weighted by atomic mass is 10.2. The molecule has 10 heteroatoms. The van der Waals surface area contributed by atoms with Crippen molar-refractivity contribution < 1.29 is 32.6 Å². The van der Waals surface area contributed by atoms with E-state index < -0.39 is 51.6 Å². The van der Waals surface area contributed by atoms with Gasteiger partial charge in [-0.05, 0) is 40.5 Å². The predicted molar refractivity (Wildman–Crippen MR) is 72.7 cm³/mol. The molecule has 0 aliphatic rings. The fraction of sp³-hybridized carbons (Fsp3) is 0.273. The number of carboxylic acids is 2. The van der Waals surface area contributed by atoms with E-state index in [9.17, 15) is 22.4 Å². The normalized spacial score (nSPS) is 12.9. The Morgan fingerprint density at radius 1 is 1.33 bits per heavy atom. The van der Waals surface area contributed by atoms with Crippen LogP contribution in [0.5, 0.6) is 0 Å². The van der Waals surface area contributed by atoms with Gasteiger partial charge in [0.15, 0.2) is 0 Å². The highest BCUT2D eigenvalue weighted by Gasteiger charge is 2.26. The zero-order valence-electron chi connectivity index (χ0n) is 10.4. The Morgan fingerprint density at radius 3 is 2.43 bits per heavy atom. The van der Waals surface area contributed by atoms with Gasteiger partial charge in [-0.3, -0.25) is 9.59 Å². The standard InChI is InChI=1S/C11H11BrFNO6S/c12-7-2-1-6(5-8(7)13)21(19,20)14-9(11(17)18)3-4-10(15)16/h1-2,5,9,14H,3-4H2,(H,15,16)(H,17,18). The topological polar surface area (TPSA) is 121 Å². The summed E-state index contributed by atoms with van der Waals surface area (Å²) in [6.45, 7) is 0. The van der Waals surface area contributed by atoms with E-state index >= 15 is 0 Å². The molecule has 0 radical (unpaired) electrons. The Hall–Kier alpha value is -1.52. The second-order valence-electron chi connectivity index (χ2n) is 4.02. The number of aliphatic carboxylic acids is 2. The number of rotatable bonds is 7. The summed E-state index contributed by atoms with van der Waals surface area (Å²) in [6.07, 6.45) is -0.947. The fourth-order valence-electron chi connectivity index (χ4n) is 1.40. The van der Waals surface area contributed by atoms with Crippen molar-refractivity contribution >= 4 is 37.9 Å². The second-order valence-corrected chi connectivity index (χ2v) is 6.59. The zero-order valence-corrected chi connectivity index (χ0v) is 12.8. The van der Waals surface area contributed by atoms with Crippen LogP contribution in [0.1, 0.15) is 12.8 Å². The molecule has 3 N–H and O–H groups in total. The molecule has 7 nitrogen and oxygen atoms in total. The average Bonchev–Trinajstić information content (AvgIpc) is 2.37. The van der Waals surface area contributed by atoms with Crippen molar-refractivity contribution in [2.45, 2.75) is 23.8 Å². The van der Waals surface area contributed by atoms with Gasteiger partial charge >= 0.3 is 11.9 Å². The molecule has 0 aromatic heterocycles. The number of carbonyl (C=O) groups is 2. The minimum Gasteiger partial charge on any atom is -0.481 e. The van der Waals surface area contributed by atoms with Crippen LogP contribution in [0, 0.1) is 5.82 Å². The van der Waals surface area contributed by atoms with E-state index in [1.165, 1.54) is 0 Å². The molecular formula is C11H11BrFNO6S. The summed E-state index contributed by atoms with van der Waals surface area (Å²) < 4.78 is 39.1. The number of halogens is 2. The van der Waals surface area contributed by atoms with Crippen LogP contribution in [0.15, 0.2) is 27.6 Å². The number of nitrogens with one attached hydrogen (secondary N) is 1. The van der Waals surface area contributed by atoms with E-state index in [2.05, 4.69) is 15.9 Å². The molecule has 1 unspecified atom stereocenters. The lowest BCUT2D eigenvalue weighted by molar-refractivity contribution is -0.140. The first-order chi connectivity index (χ1) is 9.63. The molecule has 21 heavy (non-hydrogen) atoms. The molecule has 0 bridgehead atoms. The molecule has 0 aliphatic carbocycles. The van der Waals surface area contributed by atoms with Gasteiger partial charge in [-0.2, -0.15) is 4.72 Å². The average molecular weight is 384 g/mol. The van der Waals surface area contributed by atoms with Crippen LogP contribution in [0.3, 0.4) is 0 Å². The molecule has 0 spiro atoms. The maximum Gasteiger partial charge on any atom is 0.321 e. The summed E-state index contributed by atoms with van der Waals surface area (Å²) in [6, 6.07) is 1.36. The van der Waals surface area contributed by atoms with E-state index in [4.69, 9.17) is 10.2 Å². The lowest BCUT2D eigenvalue weighted by Crippen LogP contribution is -2.41. The van der Waals surface area contributed by atoms with Gasteiger partial charge in [0.2, 0.25) is 10.0 Å². The van der Waals surface area contributed by atoms with Gasteiger partial charge < -0.3 is 10.2 Å². The summed E-state index contributed by atoms with van der Waals surface area (Å²) in [7, 11) is -4.28. The molecule has 1 atom stereocenters. The van der Waals surface area contributed by atoms with Crippen LogP contribution in [-0.2, 0) is 19.6 Å². The maximum absolute atomic E-state index is 13.3. The van der Waals surface area contributed by atoms with Crippen molar-refractivity contribution in [3.8, 4) is 0 Å². The van der Waals surface area contributed by atoms with Crippen LogP contribution >= 0.6 is 15.9 Å². The minimum atomic E-state index is -4.28. The van der Waals surface area contributed by atoms with Gasteiger partial charge in [0.25, 0.3) is 0 Å². The minimum absolute atomic E-state index is 0.0575. The van der Waals surface area contributed by atoms with E-state index in [-0.39, 0.29) is 4.47 Å². The van der Waals surface area contributed by atoms with Crippen molar-refractivity contribution in [3.05, 3.63) is 28.5 Å². The first-order valence-corrected chi connectivity index (χ1v) is 7.83. The van der Waals surface area contributed by atoms with Gasteiger partial charge in [-0.15, -0.1) is 0 Å². The molecule has 0 aliphatic heterocycles. The van der Waals surface area contributed by atoms with Crippen molar-refractivity contribution in [2.24, 2.45) is 0 Å². The number of benzene rings is 1. The highest BCUT2D eigenvalue weighted by molar-refractivity contribution is 9.10. The Kier molecular flexibility index (Phi) is 5.81. The van der Waals surface area contributed by atoms with Crippen LogP contribution in [0.25, 0.3) is 0 Å². The lowest BCUT2D eigenvalue weighted by Gasteiger charge is -2.14. The van der Waals surface area contributed by atoms with E-state index in [1.807, 2.05) is 4.72 Å². The van der Waals surface area contributed by atoms with Gasteiger partial charge in [0.05, 0.1) is 9.37 Å². The van der Waals surface area contributed by atoms with Crippen molar-refractivity contribution in [1.82, 2.24) is 4.72 Å². The zero-order chi connectivity index (χ0) is 16.2. The second kappa shape index (κ2) is 6.96. The number of hydrogen-bond acceptors (Lipinski definition) is 4. The van der Waals surface area contributed by atoms with Crippen LogP contribution < -0.4 is 4.72 Å². The Bertz CT molecular complexity index is 663. The van der Waals surface area contributed by atoms with Crippen LogP contribution in [-0.4, -0.2) is 36.6 Å². The largest absolute Gasteiger partial charge is 0.481 e. The van der Waals surface area contributed by atoms with Crippen molar-refractivity contribution in [3.63, 3.8) is 0 Å². The third-order valence-corrected chi connectivity index (χ3v) is 4.56. The van der Waals surface area contributed by atoms with E-state index in [0.29, 0.717) is 0 Å². The third kappa shape index (κ3) is 5.06. The fourth-order valence-corrected chi connectivity index (χ4v) is 2.88. The summed E-state index contributed by atoms with van der Waals surface area (Å²) in [5.41, 5.74) is 0. The molecule has 0 heterocycles. The first-order valence-electron chi connectivity index (χ1n) is 5.55. The van der Waals surface area contributed by atoms with Crippen molar-refractivity contribution in [2.75, 3.05) is 0 Å². The molecule has 0 saturated heterocycles. The first kappa shape index (κ1) is 17.5. The molecule has 116 valence electrons. The maximum atomic E-state index is 13.3. The Labute approximate surface area is 128 Å². The van der Waals surface area contributed by atoms with Gasteiger partial charge in [0.1, 0.15) is 11.9 Å². The number of carboxylic acid groups (broad SMARTS) is 2. The molecule has 1 aromatic carbocycles. The summed E-state index contributed by atoms with van der Waals surface area (Å²) in [5.74, 6) is -3.59. The van der Waals surface area contributed by atoms with E-state index in [1.54, 1.807) is 0 Å². The predicted octanol–water partition coefficient (Wildman–Crippen LogP) is 1.18. The molecule has 0 saturated carbocycles. The highest BCUT2D eigenvalue weighted by atomic mass is 79.9. The quantitative estimate of drug-likeness (QED) is 0.649. The monoisotopic (exact) mass is 383 g/mol. The van der Waals surface area contributed by atoms with Crippen LogP contribution in [0.2, 0.25) is 0 Å². The highest BCUT2D eigenvalue weighted by Crippen LogP contribution is 2.19. The summed E-state index contributed by atoms with van der Waals surface area (Å²) in [5, 5.41) is 17.4. The molecular weight excluding hydrogens is 373 g/mol. The van der Waals surface area contributed by atoms with Gasteiger partial charge in [0, 0.05) is 6.42 Å². The smallest absolute Gasteiger partial charge is 0.321 e. The molecule has 1 rings (SSSR count). The van der Waals surface area contributed by atoms with Gasteiger partial charge in [-0.25, -0.2) is 12.8 Å².